The number of methoxy groups -OCH3 is 1. The molecular weight excluding hydrogens is 325 g/mol. The molecule has 1 aromatic heterocycles. The monoisotopic (exact) mass is 341 g/mol. The fourth-order valence-electron chi connectivity index (χ4n) is 2.52. The highest BCUT2D eigenvalue weighted by Gasteiger charge is 2.10. The highest BCUT2D eigenvalue weighted by Crippen LogP contribution is 2.29. The number of halogens is 1. The van der Waals surface area contributed by atoms with Gasteiger partial charge in [-0.3, -0.25) is 4.79 Å². The van der Waals surface area contributed by atoms with Gasteiger partial charge in [0.1, 0.15) is 11.6 Å². The van der Waals surface area contributed by atoms with E-state index in [9.17, 15) is 9.18 Å². The minimum atomic E-state index is -0.333. The number of carbonyl (C=O) groups is 1. The standard InChI is InChI=1S/C19H16FNO2S/c1-23-18-9-12(4-8-19(18)24-2)3-7-17(22)15-11-21-16-10-13(20)5-6-14(15)16/h3-11,21H,1-2H3/b7-3+. The van der Waals surface area contributed by atoms with Crippen LogP contribution in [0.2, 0.25) is 0 Å². The molecule has 2 aromatic carbocycles. The van der Waals surface area contributed by atoms with E-state index in [0.29, 0.717) is 16.5 Å². The van der Waals surface area contributed by atoms with Gasteiger partial charge in [-0.2, -0.15) is 0 Å². The lowest BCUT2D eigenvalue weighted by Gasteiger charge is -2.06. The summed E-state index contributed by atoms with van der Waals surface area (Å²) in [6, 6.07) is 10.1. The maximum atomic E-state index is 13.2. The number of rotatable bonds is 5. The molecule has 0 aliphatic rings. The van der Waals surface area contributed by atoms with Gasteiger partial charge in [-0.1, -0.05) is 12.1 Å². The molecule has 0 aliphatic carbocycles. The number of aromatic nitrogens is 1. The topological polar surface area (TPSA) is 42.1 Å². The molecule has 5 heteroatoms. The van der Waals surface area contributed by atoms with Gasteiger partial charge in [-0.15, -0.1) is 11.8 Å². The maximum Gasteiger partial charge on any atom is 0.187 e. The Bertz CT molecular complexity index is 930. The van der Waals surface area contributed by atoms with Gasteiger partial charge in [-0.25, -0.2) is 4.39 Å². The number of nitrogens with one attached hydrogen (secondary N) is 1. The van der Waals surface area contributed by atoms with Crippen molar-refractivity contribution in [1.29, 1.82) is 0 Å². The van der Waals surface area contributed by atoms with E-state index in [1.807, 2.05) is 24.5 Å². The van der Waals surface area contributed by atoms with Crippen molar-refractivity contribution in [3.63, 3.8) is 0 Å². The lowest BCUT2D eigenvalue weighted by molar-refractivity contribution is 0.104. The van der Waals surface area contributed by atoms with Crippen molar-refractivity contribution in [2.45, 2.75) is 4.90 Å². The summed E-state index contributed by atoms with van der Waals surface area (Å²) >= 11 is 1.60. The normalized spacial score (nSPS) is 11.3. The Morgan fingerprint density at radius 3 is 2.83 bits per heavy atom. The fourth-order valence-corrected chi connectivity index (χ4v) is 3.07. The molecule has 0 saturated carbocycles. The van der Waals surface area contributed by atoms with E-state index in [1.165, 1.54) is 18.2 Å². The molecule has 0 bridgehead atoms. The van der Waals surface area contributed by atoms with Gasteiger partial charge in [0.25, 0.3) is 0 Å². The van der Waals surface area contributed by atoms with Crippen LogP contribution in [0.4, 0.5) is 4.39 Å². The summed E-state index contributed by atoms with van der Waals surface area (Å²) in [5.74, 6) is 0.306. The highest BCUT2D eigenvalue weighted by molar-refractivity contribution is 7.98. The third-order valence-corrected chi connectivity index (χ3v) is 4.52. The number of hydrogen-bond donors (Lipinski definition) is 1. The molecule has 0 aliphatic heterocycles. The lowest BCUT2D eigenvalue weighted by atomic mass is 10.1. The Labute approximate surface area is 143 Å². The zero-order valence-electron chi connectivity index (χ0n) is 13.3. The molecule has 0 atom stereocenters. The van der Waals surface area contributed by atoms with Crippen LogP contribution in [0.25, 0.3) is 17.0 Å². The van der Waals surface area contributed by atoms with E-state index in [0.717, 1.165) is 16.2 Å². The van der Waals surface area contributed by atoms with Gasteiger partial charge in [0.05, 0.1) is 7.11 Å². The van der Waals surface area contributed by atoms with E-state index in [4.69, 9.17) is 4.74 Å². The number of aromatic amines is 1. The summed E-state index contributed by atoms with van der Waals surface area (Å²) in [7, 11) is 1.62. The van der Waals surface area contributed by atoms with E-state index in [1.54, 1.807) is 37.2 Å². The third kappa shape index (κ3) is 3.21. The molecular formula is C19H16FNO2S. The molecule has 0 spiro atoms. The van der Waals surface area contributed by atoms with E-state index in [2.05, 4.69) is 4.98 Å². The summed E-state index contributed by atoms with van der Waals surface area (Å²) in [5.41, 5.74) is 2.01. The maximum absolute atomic E-state index is 13.2. The van der Waals surface area contributed by atoms with Gasteiger partial charge in [0.2, 0.25) is 0 Å². The minimum Gasteiger partial charge on any atom is -0.496 e. The Morgan fingerprint density at radius 1 is 1.25 bits per heavy atom. The zero-order chi connectivity index (χ0) is 17.1. The van der Waals surface area contributed by atoms with E-state index in [-0.39, 0.29) is 11.6 Å². The van der Waals surface area contributed by atoms with E-state index >= 15 is 0 Å². The van der Waals surface area contributed by atoms with E-state index < -0.39 is 0 Å². The number of fused-ring (bicyclic) bond motifs is 1. The lowest BCUT2D eigenvalue weighted by Crippen LogP contribution is -1.92. The summed E-state index contributed by atoms with van der Waals surface area (Å²) < 4.78 is 18.6. The predicted molar refractivity (Wildman–Crippen MR) is 96.4 cm³/mol. The molecule has 122 valence electrons. The van der Waals surface area contributed by atoms with Crippen LogP contribution in [0.15, 0.2) is 53.6 Å². The van der Waals surface area contributed by atoms with Gasteiger partial charge in [0, 0.05) is 27.6 Å². The summed E-state index contributed by atoms with van der Waals surface area (Å²) in [4.78, 5) is 16.4. The molecule has 3 nitrogen and oxygen atoms in total. The Balaban J connectivity index is 1.87. The number of ketones is 1. The number of benzene rings is 2. The van der Waals surface area contributed by atoms with Crippen LogP contribution in [0.5, 0.6) is 5.75 Å². The number of carbonyl (C=O) groups excluding carboxylic acids is 1. The van der Waals surface area contributed by atoms with Crippen molar-refractivity contribution >= 4 is 34.5 Å². The summed E-state index contributed by atoms with van der Waals surface area (Å²) in [6.45, 7) is 0. The first-order chi connectivity index (χ1) is 11.6. The second kappa shape index (κ2) is 6.93. The molecule has 3 rings (SSSR count). The quantitative estimate of drug-likeness (QED) is 0.406. The third-order valence-electron chi connectivity index (χ3n) is 3.74. The molecule has 0 radical (unpaired) electrons. The molecule has 24 heavy (non-hydrogen) atoms. The number of ether oxygens (including phenoxy) is 1. The van der Waals surface area contributed by atoms with Crippen molar-refractivity contribution in [1.82, 2.24) is 4.98 Å². The minimum absolute atomic E-state index is 0.138. The van der Waals surface area contributed by atoms with Crippen molar-refractivity contribution < 1.29 is 13.9 Å². The fraction of sp³-hybridized carbons (Fsp3) is 0.105. The average molecular weight is 341 g/mol. The smallest absolute Gasteiger partial charge is 0.187 e. The SMILES string of the molecule is COc1cc(/C=C/C(=O)c2c[nH]c3cc(F)ccc23)ccc1SC. The largest absolute Gasteiger partial charge is 0.496 e. The average Bonchev–Trinajstić information content (AvgIpc) is 3.02. The first-order valence-electron chi connectivity index (χ1n) is 7.33. The van der Waals surface area contributed by atoms with Crippen LogP contribution >= 0.6 is 11.8 Å². The first kappa shape index (κ1) is 16.3. The van der Waals surface area contributed by atoms with Crippen LogP contribution in [0.1, 0.15) is 15.9 Å². The van der Waals surface area contributed by atoms with Gasteiger partial charge in [-0.05, 0) is 48.2 Å². The Kier molecular flexibility index (Phi) is 4.71. The zero-order valence-corrected chi connectivity index (χ0v) is 14.1. The number of hydrogen-bond acceptors (Lipinski definition) is 3. The summed E-state index contributed by atoms with van der Waals surface area (Å²) in [6.07, 6.45) is 6.85. The number of thioether (sulfide) groups is 1. The first-order valence-corrected chi connectivity index (χ1v) is 8.56. The molecule has 0 unspecified atom stereocenters. The second-order valence-corrected chi connectivity index (χ2v) is 6.05. The highest BCUT2D eigenvalue weighted by atomic mass is 32.2. The second-order valence-electron chi connectivity index (χ2n) is 5.20. The molecule has 0 amide bonds. The molecule has 0 saturated heterocycles. The van der Waals surface area contributed by atoms with Crippen molar-refractivity contribution in [2.75, 3.05) is 13.4 Å². The van der Waals surface area contributed by atoms with Crippen LogP contribution in [0, 0.1) is 5.82 Å². The summed E-state index contributed by atoms with van der Waals surface area (Å²) in [5, 5.41) is 0.710. The molecule has 3 aromatic rings. The molecule has 1 heterocycles. The molecule has 1 N–H and O–H groups in total. The number of allylic oxidation sites excluding steroid dienone is 1. The Morgan fingerprint density at radius 2 is 2.08 bits per heavy atom. The van der Waals surface area contributed by atoms with Crippen LogP contribution in [-0.4, -0.2) is 24.1 Å². The van der Waals surface area contributed by atoms with Crippen LogP contribution in [0.3, 0.4) is 0 Å². The van der Waals surface area contributed by atoms with Crippen molar-refractivity contribution in [2.24, 2.45) is 0 Å². The van der Waals surface area contributed by atoms with Gasteiger partial charge < -0.3 is 9.72 Å². The van der Waals surface area contributed by atoms with Gasteiger partial charge >= 0.3 is 0 Å². The molecule has 0 fully saturated rings. The van der Waals surface area contributed by atoms with Crippen LogP contribution in [-0.2, 0) is 0 Å². The van der Waals surface area contributed by atoms with Crippen molar-refractivity contribution in [3.05, 3.63) is 65.6 Å². The van der Waals surface area contributed by atoms with Crippen LogP contribution < -0.4 is 4.74 Å². The van der Waals surface area contributed by atoms with Crippen molar-refractivity contribution in [3.8, 4) is 5.75 Å². The number of H-pyrrole nitrogens is 1. The Hall–Kier alpha value is -2.53. The predicted octanol–water partition coefficient (Wildman–Crippen LogP) is 4.93. The van der Waals surface area contributed by atoms with Gasteiger partial charge in [0.15, 0.2) is 5.78 Å².